The van der Waals surface area contributed by atoms with Crippen LogP contribution in [0.3, 0.4) is 0 Å². The van der Waals surface area contributed by atoms with E-state index >= 15 is 0 Å². The second kappa shape index (κ2) is 6.70. The summed E-state index contributed by atoms with van der Waals surface area (Å²) in [5.41, 5.74) is 1.19. The average molecular weight is 344 g/mol. The van der Waals surface area contributed by atoms with Gasteiger partial charge in [0.15, 0.2) is 0 Å². The zero-order valence-corrected chi connectivity index (χ0v) is 13.2. The molecule has 0 aliphatic carbocycles. The van der Waals surface area contributed by atoms with Crippen LogP contribution >= 0.6 is 0 Å². The number of hydrogen-bond acceptors (Lipinski definition) is 2. The lowest BCUT2D eigenvalue weighted by Gasteiger charge is -2.26. The van der Waals surface area contributed by atoms with E-state index in [1.54, 1.807) is 29.2 Å². The van der Waals surface area contributed by atoms with Crippen LogP contribution in [0.2, 0.25) is 0 Å². The van der Waals surface area contributed by atoms with Gasteiger partial charge in [-0.1, -0.05) is 12.1 Å². The summed E-state index contributed by atoms with van der Waals surface area (Å²) in [7, 11) is 0. The lowest BCUT2D eigenvalue weighted by molar-refractivity contribution is -0.177. The normalized spacial score (nSPS) is 25.4. The minimum atomic E-state index is -4.42. The van der Waals surface area contributed by atoms with Crippen molar-refractivity contribution in [2.75, 3.05) is 19.6 Å². The highest BCUT2D eigenvalue weighted by Gasteiger charge is 2.49. The van der Waals surface area contributed by atoms with Crippen molar-refractivity contribution in [2.45, 2.75) is 44.2 Å². The van der Waals surface area contributed by atoms with Gasteiger partial charge in [0.25, 0.3) is 5.91 Å². The van der Waals surface area contributed by atoms with Gasteiger partial charge in [-0.25, -0.2) is 4.39 Å². The molecule has 1 amide bonds. The number of nitrogens with zero attached hydrogens (tertiary/aromatic N) is 2. The van der Waals surface area contributed by atoms with Gasteiger partial charge in [0.05, 0.1) is 0 Å². The Labute approximate surface area is 138 Å². The lowest BCUT2D eigenvalue weighted by atomic mass is 10.1. The third kappa shape index (κ3) is 3.71. The maximum atomic E-state index is 13.4. The molecule has 2 aliphatic rings. The summed E-state index contributed by atoms with van der Waals surface area (Å²) in [6.45, 7) is 1.32. The van der Waals surface area contributed by atoms with Gasteiger partial charge in [0.1, 0.15) is 12.2 Å². The van der Waals surface area contributed by atoms with Gasteiger partial charge in [-0.05, 0) is 30.5 Å². The van der Waals surface area contributed by atoms with Crippen LogP contribution in [0, 0.1) is 0 Å². The maximum absolute atomic E-state index is 13.4. The molecule has 132 valence electrons. The number of carbonyl (C=O) groups excluding carboxylic acids is 1. The topological polar surface area (TPSA) is 23.6 Å². The van der Waals surface area contributed by atoms with Crippen molar-refractivity contribution in [3.63, 3.8) is 0 Å². The lowest BCUT2D eigenvalue weighted by Crippen LogP contribution is -2.40. The van der Waals surface area contributed by atoms with E-state index in [-0.39, 0.29) is 19.0 Å². The first-order valence-electron chi connectivity index (χ1n) is 8.17. The highest BCUT2D eigenvalue weighted by molar-refractivity contribution is 5.94. The van der Waals surface area contributed by atoms with E-state index in [4.69, 9.17) is 0 Å². The van der Waals surface area contributed by atoms with Crippen molar-refractivity contribution >= 4 is 5.91 Å². The Morgan fingerprint density at radius 2 is 1.75 bits per heavy atom. The van der Waals surface area contributed by atoms with E-state index in [2.05, 4.69) is 0 Å². The van der Waals surface area contributed by atoms with Crippen molar-refractivity contribution < 1.29 is 22.4 Å². The fourth-order valence-electron chi connectivity index (χ4n) is 3.45. The van der Waals surface area contributed by atoms with Crippen LogP contribution in [-0.4, -0.2) is 53.7 Å². The molecular formula is C17H20F4N2O. The summed E-state index contributed by atoms with van der Waals surface area (Å²) in [6.07, 6.45) is -4.38. The molecule has 2 aliphatic heterocycles. The molecule has 1 aromatic carbocycles. The van der Waals surface area contributed by atoms with Gasteiger partial charge in [0.2, 0.25) is 0 Å². The van der Waals surface area contributed by atoms with E-state index in [1.807, 2.05) is 0 Å². The van der Waals surface area contributed by atoms with E-state index in [0.717, 1.165) is 30.8 Å². The van der Waals surface area contributed by atoms with E-state index < -0.39 is 24.8 Å². The molecule has 0 bridgehead atoms. The van der Waals surface area contributed by atoms with Crippen molar-refractivity contribution in [3.05, 3.63) is 35.4 Å². The Balaban J connectivity index is 1.66. The van der Waals surface area contributed by atoms with Gasteiger partial charge in [-0.15, -0.1) is 0 Å². The van der Waals surface area contributed by atoms with Gasteiger partial charge in [-0.2, -0.15) is 13.2 Å². The Morgan fingerprint density at radius 3 is 2.33 bits per heavy atom. The Morgan fingerprint density at radius 1 is 1.12 bits per heavy atom. The molecule has 2 fully saturated rings. The summed E-state index contributed by atoms with van der Waals surface area (Å²) in [6, 6.07) is 4.85. The highest BCUT2D eigenvalue weighted by atomic mass is 19.4. The first kappa shape index (κ1) is 17.2. The van der Waals surface area contributed by atoms with Crippen molar-refractivity contribution in [1.82, 2.24) is 9.80 Å². The third-order valence-corrected chi connectivity index (χ3v) is 4.71. The summed E-state index contributed by atoms with van der Waals surface area (Å²) >= 11 is 0. The fourth-order valence-corrected chi connectivity index (χ4v) is 3.45. The van der Waals surface area contributed by atoms with E-state index in [9.17, 15) is 22.4 Å². The monoisotopic (exact) mass is 344 g/mol. The molecule has 0 N–H and O–H groups in total. The number of alkyl halides is 4. The van der Waals surface area contributed by atoms with Gasteiger partial charge in [0, 0.05) is 38.2 Å². The van der Waals surface area contributed by atoms with E-state index in [0.29, 0.717) is 11.1 Å². The van der Waals surface area contributed by atoms with Crippen LogP contribution in [0.4, 0.5) is 17.6 Å². The molecule has 1 aromatic rings. The molecular weight excluding hydrogens is 324 g/mol. The molecule has 7 heteroatoms. The predicted molar refractivity (Wildman–Crippen MR) is 81.3 cm³/mol. The smallest absolute Gasteiger partial charge is 0.339 e. The van der Waals surface area contributed by atoms with Gasteiger partial charge >= 0.3 is 6.18 Å². The Bertz CT molecular complexity index is 581. The van der Waals surface area contributed by atoms with Crippen LogP contribution in [-0.2, 0) is 6.54 Å². The zero-order valence-electron chi connectivity index (χ0n) is 13.2. The number of likely N-dealkylation sites (tertiary alicyclic amines) is 2. The number of benzene rings is 1. The number of amides is 1. The first-order chi connectivity index (χ1) is 11.3. The molecule has 0 unspecified atom stereocenters. The number of carbonyl (C=O) groups is 1. The second-order valence-corrected chi connectivity index (χ2v) is 6.52. The standard InChI is InChI=1S/C17H20F4N2O/c18-14-9-15(17(19,20)21)23(11-14)10-12-3-5-13(6-4-12)16(24)22-7-1-2-8-22/h3-6,14-15H,1-2,7-11H2/t14-,15+/m0/s1. The largest absolute Gasteiger partial charge is 0.404 e. The van der Waals surface area contributed by atoms with Crippen LogP contribution in [0.25, 0.3) is 0 Å². The van der Waals surface area contributed by atoms with Crippen LogP contribution in [0.15, 0.2) is 24.3 Å². The minimum Gasteiger partial charge on any atom is -0.339 e. The zero-order chi connectivity index (χ0) is 17.3. The Kier molecular flexibility index (Phi) is 4.80. The van der Waals surface area contributed by atoms with Gasteiger partial charge < -0.3 is 4.90 Å². The molecule has 0 radical (unpaired) electrons. The van der Waals surface area contributed by atoms with Crippen LogP contribution in [0.5, 0.6) is 0 Å². The summed E-state index contributed by atoms with van der Waals surface area (Å²) < 4.78 is 52.3. The fraction of sp³-hybridized carbons (Fsp3) is 0.588. The Hall–Kier alpha value is -1.63. The van der Waals surface area contributed by atoms with Crippen molar-refractivity contribution in [3.8, 4) is 0 Å². The maximum Gasteiger partial charge on any atom is 0.404 e. The van der Waals surface area contributed by atoms with Gasteiger partial charge in [-0.3, -0.25) is 9.69 Å². The summed E-state index contributed by atoms with van der Waals surface area (Å²) in [5.74, 6) is -0.0442. The minimum absolute atomic E-state index is 0.0305. The molecule has 3 nitrogen and oxygen atoms in total. The average Bonchev–Trinajstić information content (AvgIpc) is 3.16. The molecule has 3 rings (SSSR count). The van der Waals surface area contributed by atoms with Crippen molar-refractivity contribution in [1.29, 1.82) is 0 Å². The highest BCUT2D eigenvalue weighted by Crippen LogP contribution is 2.34. The van der Waals surface area contributed by atoms with Crippen LogP contribution < -0.4 is 0 Å². The SMILES string of the molecule is O=C(c1ccc(CN2C[C@@H](F)C[C@@H]2C(F)(F)F)cc1)N1CCCC1. The number of halogens is 4. The quantitative estimate of drug-likeness (QED) is 0.785. The second-order valence-electron chi connectivity index (χ2n) is 6.52. The van der Waals surface area contributed by atoms with E-state index in [1.165, 1.54) is 0 Å². The summed E-state index contributed by atoms with van der Waals surface area (Å²) in [5, 5.41) is 0. The molecule has 0 saturated carbocycles. The summed E-state index contributed by atoms with van der Waals surface area (Å²) in [4.78, 5) is 15.2. The molecule has 24 heavy (non-hydrogen) atoms. The molecule has 2 atom stereocenters. The predicted octanol–water partition coefficient (Wildman–Crippen LogP) is 3.40. The van der Waals surface area contributed by atoms with Crippen LogP contribution in [0.1, 0.15) is 35.2 Å². The molecule has 2 saturated heterocycles. The molecule has 2 heterocycles. The van der Waals surface area contributed by atoms with Crippen molar-refractivity contribution in [2.24, 2.45) is 0 Å². The number of rotatable bonds is 3. The molecule has 0 aromatic heterocycles. The first-order valence-corrected chi connectivity index (χ1v) is 8.17. The third-order valence-electron chi connectivity index (χ3n) is 4.71. The molecule has 0 spiro atoms. The number of hydrogen-bond donors (Lipinski definition) is 0.